The molecule has 6 nitrogen and oxygen atoms in total. The number of hydrogen-bond acceptors (Lipinski definition) is 3. The van der Waals surface area contributed by atoms with Gasteiger partial charge in [-0.25, -0.2) is 4.99 Å². The lowest BCUT2D eigenvalue weighted by Crippen LogP contribution is -2.43. The average molecular weight is 280 g/mol. The summed E-state index contributed by atoms with van der Waals surface area (Å²) in [5.74, 6) is 1.30. The minimum atomic E-state index is -0.244. The van der Waals surface area contributed by atoms with Crippen LogP contribution in [-0.4, -0.2) is 30.5 Å². The Balaban J connectivity index is 2.47. The van der Waals surface area contributed by atoms with Gasteiger partial charge in [0.15, 0.2) is 5.96 Å². The summed E-state index contributed by atoms with van der Waals surface area (Å²) in [6.45, 7) is 9.13. The summed E-state index contributed by atoms with van der Waals surface area (Å²) >= 11 is 0. The maximum Gasteiger partial charge on any atom is 0.242 e. The van der Waals surface area contributed by atoms with E-state index in [-0.39, 0.29) is 18.0 Å². The summed E-state index contributed by atoms with van der Waals surface area (Å²) in [5, 5.41) is 9.05. The Morgan fingerprint density at radius 2 is 2.10 bits per heavy atom. The van der Waals surface area contributed by atoms with Crippen LogP contribution < -0.4 is 16.0 Å². The highest BCUT2D eigenvalue weighted by molar-refractivity contribution is 5.85. The van der Waals surface area contributed by atoms with Gasteiger partial charge in [-0.05, 0) is 39.8 Å². The summed E-state index contributed by atoms with van der Waals surface area (Å²) in [4.78, 5) is 15.9. The van der Waals surface area contributed by atoms with Crippen LogP contribution in [0.5, 0.6) is 0 Å². The van der Waals surface area contributed by atoms with Crippen molar-refractivity contribution in [1.82, 2.24) is 16.0 Å². The lowest BCUT2D eigenvalue weighted by Gasteiger charge is -2.20. The molecule has 0 aliphatic heterocycles. The van der Waals surface area contributed by atoms with Gasteiger partial charge in [0.25, 0.3) is 0 Å². The molecule has 3 N–H and O–H groups in total. The molecule has 0 spiro atoms. The molecule has 0 radical (unpaired) electrons. The molecule has 0 bridgehead atoms. The third kappa shape index (κ3) is 6.82. The van der Waals surface area contributed by atoms with Gasteiger partial charge in [-0.3, -0.25) is 4.79 Å². The first-order valence-corrected chi connectivity index (χ1v) is 6.76. The molecule has 0 saturated carbocycles. The van der Waals surface area contributed by atoms with Gasteiger partial charge in [0.1, 0.15) is 12.3 Å². The fourth-order valence-electron chi connectivity index (χ4n) is 1.53. The van der Waals surface area contributed by atoms with E-state index in [0.717, 1.165) is 12.3 Å². The van der Waals surface area contributed by atoms with E-state index >= 15 is 0 Å². The van der Waals surface area contributed by atoms with E-state index in [4.69, 9.17) is 4.42 Å². The third-order valence-electron chi connectivity index (χ3n) is 2.25. The van der Waals surface area contributed by atoms with Crippen molar-refractivity contribution in [2.24, 2.45) is 4.99 Å². The van der Waals surface area contributed by atoms with Gasteiger partial charge in [-0.15, -0.1) is 0 Å². The Bertz CT molecular complexity index is 433. The number of guanidine groups is 1. The minimum absolute atomic E-state index is 0.0881. The van der Waals surface area contributed by atoms with E-state index < -0.39 is 0 Å². The van der Waals surface area contributed by atoms with Crippen LogP contribution in [-0.2, 0) is 11.3 Å². The van der Waals surface area contributed by atoms with Gasteiger partial charge in [0.05, 0.1) is 12.8 Å². The van der Waals surface area contributed by atoms with Crippen molar-refractivity contribution < 1.29 is 9.21 Å². The summed E-state index contributed by atoms with van der Waals surface area (Å²) in [7, 11) is 0. The Morgan fingerprint density at radius 1 is 1.35 bits per heavy atom. The lowest BCUT2D eigenvalue weighted by molar-refractivity contribution is -0.121. The van der Waals surface area contributed by atoms with E-state index in [1.165, 1.54) is 0 Å². The molecular weight excluding hydrogens is 256 g/mol. The topological polar surface area (TPSA) is 78.7 Å². The Morgan fingerprint density at radius 3 is 2.65 bits per heavy atom. The molecule has 6 heteroatoms. The first-order chi connectivity index (χ1) is 9.40. The number of furan rings is 1. The van der Waals surface area contributed by atoms with Crippen LogP contribution >= 0.6 is 0 Å². The van der Waals surface area contributed by atoms with Crippen LogP contribution in [0.1, 0.15) is 33.5 Å². The second kappa shape index (κ2) is 7.57. The monoisotopic (exact) mass is 280 g/mol. The summed E-state index contributed by atoms with van der Waals surface area (Å²) < 4.78 is 5.23. The lowest BCUT2D eigenvalue weighted by atomic mass is 10.1. The van der Waals surface area contributed by atoms with Crippen LogP contribution in [0.25, 0.3) is 0 Å². The van der Waals surface area contributed by atoms with Crippen molar-refractivity contribution in [3.05, 3.63) is 24.2 Å². The molecule has 0 saturated heterocycles. The van der Waals surface area contributed by atoms with Gasteiger partial charge in [0.2, 0.25) is 5.91 Å². The Labute approximate surface area is 120 Å². The van der Waals surface area contributed by atoms with E-state index in [1.54, 1.807) is 6.26 Å². The molecule has 1 rings (SSSR count). The SMILES string of the molecule is CCNC(=NCC(=O)NC(C)(C)C)NCc1ccco1. The average Bonchev–Trinajstić information content (AvgIpc) is 2.83. The van der Waals surface area contributed by atoms with Gasteiger partial charge in [0, 0.05) is 12.1 Å². The van der Waals surface area contributed by atoms with E-state index in [9.17, 15) is 4.79 Å². The van der Waals surface area contributed by atoms with Crippen LogP contribution in [0.4, 0.5) is 0 Å². The second-order valence-corrected chi connectivity index (χ2v) is 5.43. The van der Waals surface area contributed by atoms with Crippen LogP contribution in [0.3, 0.4) is 0 Å². The maximum absolute atomic E-state index is 11.7. The van der Waals surface area contributed by atoms with Crippen molar-refractivity contribution in [3.63, 3.8) is 0 Å². The fourth-order valence-corrected chi connectivity index (χ4v) is 1.53. The van der Waals surface area contributed by atoms with Crippen molar-refractivity contribution in [3.8, 4) is 0 Å². The molecular formula is C14H24N4O2. The smallest absolute Gasteiger partial charge is 0.242 e. The van der Waals surface area contributed by atoms with Gasteiger partial charge >= 0.3 is 0 Å². The third-order valence-corrected chi connectivity index (χ3v) is 2.25. The molecule has 0 unspecified atom stereocenters. The quantitative estimate of drug-likeness (QED) is 0.560. The highest BCUT2D eigenvalue weighted by Gasteiger charge is 2.13. The van der Waals surface area contributed by atoms with Gasteiger partial charge in [-0.1, -0.05) is 0 Å². The second-order valence-electron chi connectivity index (χ2n) is 5.43. The zero-order valence-corrected chi connectivity index (χ0v) is 12.6. The van der Waals surface area contributed by atoms with Crippen molar-refractivity contribution in [1.29, 1.82) is 0 Å². The van der Waals surface area contributed by atoms with Crippen molar-refractivity contribution in [2.75, 3.05) is 13.1 Å². The molecule has 0 fully saturated rings. The van der Waals surface area contributed by atoms with Gasteiger partial charge < -0.3 is 20.4 Å². The number of carbonyl (C=O) groups is 1. The molecule has 1 aromatic heterocycles. The first kappa shape index (κ1) is 16.1. The van der Waals surface area contributed by atoms with Crippen LogP contribution in [0.15, 0.2) is 27.8 Å². The predicted octanol–water partition coefficient (Wildman–Crippen LogP) is 1.25. The van der Waals surface area contributed by atoms with Crippen molar-refractivity contribution >= 4 is 11.9 Å². The van der Waals surface area contributed by atoms with E-state index in [2.05, 4.69) is 20.9 Å². The molecule has 1 heterocycles. The number of aliphatic imine (C=N–C) groups is 1. The number of hydrogen-bond donors (Lipinski definition) is 3. The molecule has 1 amide bonds. The summed E-state index contributed by atoms with van der Waals surface area (Å²) in [6.07, 6.45) is 1.62. The summed E-state index contributed by atoms with van der Waals surface area (Å²) in [6, 6.07) is 3.71. The molecule has 20 heavy (non-hydrogen) atoms. The largest absolute Gasteiger partial charge is 0.467 e. The van der Waals surface area contributed by atoms with Crippen molar-refractivity contribution in [2.45, 2.75) is 39.8 Å². The normalized spacial score (nSPS) is 12.1. The standard InChI is InChI=1S/C14H24N4O2/c1-5-15-13(16-9-11-7-6-8-20-11)17-10-12(19)18-14(2,3)4/h6-8H,5,9-10H2,1-4H3,(H,18,19)(H2,15,16,17). The van der Waals surface area contributed by atoms with E-state index in [0.29, 0.717) is 12.5 Å². The van der Waals surface area contributed by atoms with E-state index in [1.807, 2.05) is 39.8 Å². The molecule has 0 aliphatic carbocycles. The Hall–Kier alpha value is -1.98. The van der Waals surface area contributed by atoms with Crippen LogP contribution in [0.2, 0.25) is 0 Å². The summed E-state index contributed by atoms with van der Waals surface area (Å²) in [5.41, 5.74) is -0.244. The number of nitrogens with one attached hydrogen (secondary N) is 3. The predicted molar refractivity (Wildman–Crippen MR) is 79.4 cm³/mol. The number of nitrogens with zero attached hydrogens (tertiary/aromatic N) is 1. The first-order valence-electron chi connectivity index (χ1n) is 6.76. The number of rotatable bonds is 5. The molecule has 0 atom stereocenters. The molecule has 0 aliphatic rings. The molecule has 0 aromatic carbocycles. The maximum atomic E-state index is 11.7. The zero-order chi connectivity index (χ0) is 15.0. The zero-order valence-electron chi connectivity index (χ0n) is 12.6. The number of amides is 1. The highest BCUT2D eigenvalue weighted by atomic mass is 16.3. The highest BCUT2D eigenvalue weighted by Crippen LogP contribution is 1.99. The minimum Gasteiger partial charge on any atom is -0.467 e. The Kier molecular flexibility index (Phi) is 6.09. The fraction of sp³-hybridized carbons (Fsp3) is 0.571. The van der Waals surface area contributed by atoms with Crippen LogP contribution in [0, 0.1) is 0 Å². The molecule has 1 aromatic rings. The number of carbonyl (C=O) groups excluding carboxylic acids is 1. The van der Waals surface area contributed by atoms with Gasteiger partial charge in [-0.2, -0.15) is 0 Å². The molecule has 112 valence electrons.